The molecule has 1 fully saturated rings. The normalized spacial score (nSPS) is 24.3. The van der Waals surface area contributed by atoms with E-state index >= 15 is 0 Å². The Bertz CT molecular complexity index is 490. The Morgan fingerprint density at radius 3 is 2.67 bits per heavy atom. The smallest absolute Gasteiger partial charge is 0.257 e. The minimum absolute atomic E-state index is 0.141. The average molecular weight is 264 g/mol. The van der Waals surface area contributed by atoms with Crippen molar-refractivity contribution in [1.29, 1.82) is 0 Å². The molecule has 2 aliphatic rings. The lowest BCUT2D eigenvalue weighted by Gasteiger charge is -2.20. The van der Waals surface area contributed by atoms with Gasteiger partial charge in [0.25, 0.3) is 5.91 Å². The summed E-state index contributed by atoms with van der Waals surface area (Å²) < 4.78 is 0. The Labute approximate surface area is 112 Å². The van der Waals surface area contributed by atoms with E-state index < -0.39 is 0 Å². The highest BCUT2D eigenvalue weighted by Crippen LogP contribution is 2.58. The van der Waals surface area contributed by atoms with Gasteiger partial charge in [0, 0.05) is 18.0 Å². The fourth-order valence-electron chi connectivity index (χ4n) is 3.56. The second-order valence-corrected chi connectivity index (χ2v) is 6.39. The molecule has 98 valence electrons. The summed E-state index contributed by atoms with van der Waals surface area (Å²) in [5.74, 6) is 1.44. The van der Waals surface area contributed by atoms with Crippen molar-refractivity contribution in [3.63, 3.8) is 0 Å². The first-order valence-corrected chi connectivity index (χ1v) is 7.70. The number of hydrogen-bond donors (Lipinski definition) is 1. The maximum Gasteiger partial charge on any atom is 0.257 e. The number of anilines is 1. The van der Waals surface area contributed by atoms with E-state index in [0.717, 1.165) is 23.7 Å². The minimum Gasteiger partial charge on any atom is -0.390 e. The van der Waals surface area contributed by atoms with Crippen LogP contribution < -0.4 is 5.73 Å². The van der Waals surface area contributed by atoms with Crippen molar-refractivity contribution in [1.82, 2.24) is 4.90 Å². The molecule has 18 heavy (non-hydrogen) atoms. The van der Waals surface area contributed by atoms with Gasteiger partial charge in [0.05, 0.1) is 10.6 Å². The number of carbonyl (C=O) groups is 1. The molecular weight excluding hydrogens is 244 g/mol. The van der Waals surface area contributed by atoms with Crippen LogP contribution in [-0.4, -0.2) is 23.9 Å². The number of nitrogens with zero attached hydrogens (tertiary/aromatic N) is 1. The topological polar surface area (TPSA) is 46.3 Å². The summed E-state index contributed by atoms with van der Waals surface area (Å²) in [5, 5.41) is 0.744. The van der Waals surface area contributed by atoms with Crippen LogP contribution in [0, 0.1) is 0 Å². The summed E-state index contributed by atoms with van der Waals surface area (Å²) in [6.45, 7) is 5.56. The van der Waals surface area contributed by atoms with Gasteiger partial charge in [0.2, 0.25) is 0 Å². The molecule has 0 saturated heterocycles. The van der Waals surface area contributed by atoms with Gasteiger partial charge in [0.15, 0.2) is 0 Å². The van der Waals surface area contributed by atoms with Gasteiger partial charge in [-0.3, -0.25) is 4.79 Å². The first-order valence-electron chi connectivity index (χ1n) is 6.88. The maximum atomic E-state index is 12.6. The van der Waals surface area contributed by atoms with Crippen molar-refractivity contribution in [2.45, 2.75) is 44.9 Å². The van der Waals surface area contributed by atoms with Crippen molar-refractivity contribution >= 4 is 22.2 Å². The number of carbonyl (C=O) groups excluding carboxylic acids is 1. The third-order valence-electron chi connectivity index (χ3n) is 4.48. The van der Waals surface area contributed by atoms with Gasteiger partial charge in [-0.05, 0) is 50.5 Å². The molecule has 0 aromatic carbocycles. The van der Waals surface area contributed by atoms with Crippen molar-refractivity contribution in [3.8, 4) is 0 Å². The van der Waals surface area contributed by atoms with Gasteiger partial charge in [-0.2, -0.15) is 0 Å². The van der Waals surface area contributed by atoms with Crippen molar-refractivity contribution in [2.75, 3.05) is 18.8 Å². The summed E-state index contributed by atoms with van der Waals surface area (Å²) in [4.78, 5) is 15.9. The lowest BCUT2D eigenvalue weighted by Crippen LogP contribution is -2.31. The van der Waals surface area contributed by atoms with Crippen LogP contribution in [0.3, 0.4) is 0 Å². The molecule has 2 aliphatic carbocycles. The van der Waals surface area contributed by atoms with Crippen molar-refractivity contribution < 1.29 is 4.79 Å². The minimum atomic E-state index is 0.141. The van der Waals surface area contributed by atoms with Crippen LogP contribution in [-0.2, 0) is 0 Å². The molecule has 1 heterocycles. The van der Waals surface area contributed by atoms with E-state index in [1.54, 1.807) is 11.3 Å². The summed E-state index contributed by atoms with van der Waals surface area (Å²) in [6, 6.07) is 0. The van der Waals surface area contributed by atoms with E-state index in [9.17, 15) is 4.79 Å². The molecule has 2 N–H and O–H groups in total. The largest absolute Gasteiger partial charge is 0.390 e. The molecule has 4 heteroatoms. The summed E-state index contributed by atoms with van der Waals surface area (Å²) in [6.07, 6.45) is 3.78. The molecule has 2 atom stereocenters. The molecule has 1 amide bonds. The van der Waals surface area contributed by atoms with Gasteiger partial charge >= 0.3 is 0 Å². The van der Waals surface area contributed by atoms with Crippen LogP contribution in [0.25, 0.3) is 0 Å². The molecule has 3 nitrogen and oxygen atoms in total. The molecule has 1 aromatic rings. The molecule has 1 saturated carbocycles. The summed E-state index contributed by atoms with van der Waals surface area (Å²) in [5.41, 5.74) is 8.27. The number of rotatable bonds is 3. The Hall–Kier alpha value is -1.03. The monoisotopic (exact) mass is 264 g/mol. The Kier molecular flexibility index (Phi) is 2.85. The standard InChI is InChI=1S/C14H20N2OS/c1-3-16(4-2)14(17)11-10-8-5-6-9(7-8)12(10)18-13(11)15/h8-9H,3-7,15H2,1-2H3. The lowest BCUT2D eigenvalue weighted by atomic mass is 9.94. The number of nitrogens with two attached hydrogens (primary N) is 1. The molecule has 0 aliphatic heterocycles. The number of nitrogen functional groups attached to an aromatic ring is 1. The zero-order valence-electron chi connectivity index (χ0n) is 11.0. The molecule has 0 spiro atoms. The number of thiophene rings is 1. The predicted molar refractivity (Wildman–Crippen MR) is 75.3 cm³/mol. The van der Waals surface area contributed by atoms with E-state index in [1.165, 1.54) is 29.7 Å². The Morgan fingerprint density at radius 2 is 2.00 bits per heavy atom. The third kappa shape index (κ3) is 1.51. The molecule has 3 rings (SSSR count). The highest BCUT2D eigenvalue weighted by Gasteiger charge is 2.42. The Morgan fingerprint density at radius 1 is 1.33 bits per heavy atom. The van der Waals surface area contributed by atoms with Crippen molar-refractivity contribution in [3.05, 3.63) is 16.0 Å². The van der Waals surface area contributed by atoms with Gasteiger partial charge in [-0.25, -0.2) is 0 Å². The maximum absolute atomic E-state index is 12.6. The number of fused-ring (bicyclic) bond motifs is 5. The molecule has 2 unspecified atom stereocenters. The van der Waals surface area contributed by atoms with Gasteiger partial charge in [-0.1, -0.05) is 0 Å². The highest BCUT2D eigenvalue weighted by atomic mass is 32.1. The Balaban J connectivity index is 2.03. The van der Waals surface area contributed by atoms with Crippen LogP contribution in [0.1, 0.15) is 65.7 Å². The first kappa shape index (κ1) is 12.0. The van der Waals surface area contributed by atoms with E-state index in [0.29, 0.717) is 11.8 Å². The molecule has 0 radical (unpaired) electrons. The van der Waals surface area contributed by atoms with E-state index in [2.05, 4.69) is 0 Å². The zero-order valence-corrected chi connectivity index (χ0v) is 11.8. The van der Waals surface area contributed by atoms with E-state index in [4.69, 9.17) is 5.73 Å². The van der Waals surface area contributed by atoms with Crippen LogP contribution in [0.5, 0.6) is 0 Å². The van der Waals surface area contributed by atoms with Gasteiger partial charge in [-0.15, -0.1) is 11.3 Å². The molecule has 1 aromatic heterocycles. The zero-order chi connectivity index (χ0) is 12.9. The average Bonchev–Trinajstić information content (AvgIpc) is 3.00. The van der Waals surface area contributed by atoms with E-state index in [-0.39, 0.29) is 5.91 Å². The first-order chi connectivity index (χ1) is 8.67. The quantitative estimate of drug-likeness (QED) is 0.911. The van der Waals surface area contributed by atoms with Gasteiger partial charge in [0.1, 0.15) is 0 Å². The van der Waals surface area contributed by atoms with Crippen LogP contribution in [0.2, 0.25) is 0 Å². The SMILES string of the molecule is CCN(CC)C(=O)c1c(N)sc2c1C1CCC2C1. The van der Waals surface area contributed by atoms with Gasteiger partial charge < -0.3 is 10.6 Å². The van der Waals surface area contributed by atoms with Crippen molar-refractivity contribution in [2.24, 2.45) is 0 Å². The van der Waals surface area contributed by atoms with Crippen LogP contribution in [0.15, 0.2) is 0 Å². The van der Waals surface area contributed by atoms with Crippen LogP contribution >= 0.6 is 11.3 Å². The lowest BCUT2D eigenvalue weighted by molar-refractivity contribution is 0.0773. The fourth-order valence-corrected chi connectivity index (χ4v) is 4.86. The summed E-state index contributed by atoms with van der Waals surface area (Å²) >= 11 is 1.66. The number of amides is 1. The highest BCUT2D eigenvalue weighted by molar-refractivity contribution is 7.16. The van der Waals surface area contributed by atoms with Crippen LogP contribution in [0.4, 0.5) is 5.00 Å². The second kappa shape index (κ2) is 4.26. The second-order valence-electron chi connectivity index (χ2n) is 5.30. The summed E-state index contributed by atoms with van der Waals surface area (Å²) in [7, 11) is 0. The molecular formula is C14H20N2OS. The fraction of sp³-hybridized carbons (Fsp3) is 0.643. The molecule has 2 bridgehead atoms. The van der Waals surface area contributed by atoms with E-state index in [1.807, 2.05) is 18.7 Å². The predicted octanol–water partition coefficient (Wildman–Crippen LogP) is 3.18. The number of hydrogen-bond acceptors (Lipinski definition) is 3. The third-order valence-corrected chi connectivity index (χ3v) is 5.67.